The van der Waals surface area contributed by atoms with Gasteiger partial charge in [0.1, 0.15) is 6.79 Å². The van der Waals surface area contributed by atoms with Gasteiger partial charge in [-0.2, -0.15) is 0 Å². The standard InChI is InChI=1S/CH2O.B.Ni/c1-2;;/h1H2;;. The van der Waals surface area contributed by atoms with Crippen LogP contribution in [0.1, 0.15) is 0 Å². The van der Waals surface area contributed by atoms with E-state index in [2.05, 4.69) is 0 Å². The summed E-state index contributed by atoms with van der Waals surface area (Å²) in [5.41, 5.74) is 0. The number of carbonyl (C=O) groups excluding carboxylic acids is 1. The SMILES string of the molecule is C=O.[B].[Ni]. The molecule has 3 radical (unpaired) electrons. The fourth-order valence-corrected chi connectivity index (χ4v) is 0. The molecule has 0 unspecified atom stereocenters. The van der Waals surface area contributed by atoms with Gasteiger partial charge in [0.2, 0.25) is 0 Å². The maximum absolute atomic E-state index is 8.00. The average Bonchev–Trinajstić information content (AvgIpc) is 1.00. The van der Waals surface area contributed by atoms with Crippen molar-refractivity contribution in [1.29, 1.82) is 0 Å². The topological polar surface area (TPSA) is 17.1 Å². The van der Waals surface area contributed by atoms with Gasteiger partial charge in [0.05, 0.1) is 0 Å². The van der Waals surface area contributed by atoms with Gasteiger partial charge in [0, 0.05) is 24.9 Å². The van der Waals surface area contributed by atoms with E-state index >= 15 is 0 Å². The molecule has 0 atom stereocenters. The predicted molar refractivity (Wildman–Crippen MR) is 12.9 cm³/mol. The minimum Gasteiger partial charge on any atom is -0.307 e. The van der Waals surface area contributed by atoms with E-state index in [0.29, 0.717) is 0 Å². The van der Waals surface area contributed by atoms with Crippen LogP contribution in [0.25, 0.3) is 0 Å². The summed E-state index contributed by atoms with van der Waals surface area (Å²) in [6.45, 7) is 2.00. The summed E-state index contributed by atoms with van der Waals surface area (Å²) in [4.78, 5) is 8.00. The molecule has 0 aliphatic heterocycles. The zero-order valence-corrected chi connectivity index (χ0v) is 3.00. The number of hydrogen-bond acceptors (Lipinski definition) is 1. The van der Waals surface area contributed by atoms with Gasteiger partial charge in [-0.25, -0.2) is 0 Å². The number of hydrogen-bond donors (Lipinski definition) is 0. The van der Waals surface area contributed by atoms with E-state index in [-0.39, 0.29) is 24.9 Å². The Morgan fingerprint density at radius 3 is 1.25 bits per heavy atom. The van der Waals surface area contributed by atoms with Crippen LogP contribution in [0.5, 0.6) is 0 Å². The molecule has 0 rings (SSSR count). The van der Waals surface area contributed by atoms with Crippen LogP contribution < -0.4 is 0 Å². The van der Waals surface area contributed by atoms with E-state index in [1.54, 1.807) is 0 Å². The third-order valence-corrected chi connectivity index (χ3v) is 0. The van der Waals surface area contributed by atoms with Crippen molar-refractivity contribution in [3.8, 4) is 0 Å². The molecular weight excluding hydrogens is 97.5 g/mol. The summed E-state index contributed by atoms with van der Waals surface area (Å²) in [6.07, 6.45) is 0. The third-order valence-electron chi connectivity index (χ3n) is 0. The minimum atomic E-state index is 0. The summed E-state index contributed by atoms with van der Waals surface area (Å²) in [7, 11) is 0. The fraction of sp³-hybridized carbons (Fsp3) is 0. The van der Waals surface area contributed by atoms with Gasteiger partial charge in [0.25, 0.3) is 0 Å². The molecule has 4 heavy (non-hydrogen) atoms. The molecule has 0 aliphatic rings. The Labute approximate surface area is 37.3 Å². The van der Waals surface area contributed by atoms with Gasteiger partial charge < -0.3 is 4.79 Å². The van der Waals surface area contributed by atoms with Crippen molar-refractivity contribution in [2.24, 2.45) is 0 Å². The van der Waals surface area contributed by atoms with Crippen LogP contribution in [0.3, 0.4) is 0 Å². The Balaban J connectivity index is -0.00000000500. The first-order valence-electron chi connectivity index (χ1n) is 0.289. The van der Waals surface area contributed by atoms with Crippen molar-refractivity contribution in [3.05, 3.63) is 0 Å². The summed E-state index contributed by atoms with van der Waals surface area (Å²) in [6, 6.07) is 0. The van der Waals surface area contributed by atoms with Crippen molar-refractivity contribution >= 4 is 15.2 Å². The van der Waals surface area contributed by atoms with Gasteiger partial charge in [0.15, 0.2) is 0 Å². The Bertz CT molecular complexity index is 8.00. The summed E-state index contributed by atoms with van der Waals surface area (Å²) >= 11 is 0. The van der Waals surface area contributed by atoms with Crippen molar-refractivity contribution < 1.29 is 21.3 Å². The molecule has 0 aromatic rings. The Morgan fingerprint density at radius 1 is 1.25 bits per heavy atom. The normalized spacial score (nSPS) is 1.00. The second kappa shape index (κ2) is 307. The first kappa shape index (κ1) is 29.2. The van der Waals surface area contributed by atoms with Crippen molar-refractivity contribution in [2.75, 3.05) is 0 Å². The van der Waals surface area contributed by atoms with Crippen molar-refractivity contribution in [1.82, 2.24) is 0 Å². The second-order valence-corrected chi connectivity index (χ2v) is 0. The van der Waals surface area contributed by atoms with Crippen LogP contribution in [0.2, 0.25) is 0 Å². The minimum absolute atomic E-state index is 0. The predicted octanol–water partition coefficient (Wildman–Crippen LogP) is -0.568. The van der Waals surface area contributed by atoms with E-state index in [0.717, 1.165) is 0 Å². The Kier molecular flexibility index (Phi) is 2240. The summed E-state index contributed by atoms with van der Waals surface area (Å²) in [5.74, 6) is 0. The fourth-order valence-electron chi connectivity index (χ4n) is 0. The summed E-state index contributed by atoms with van der Waals surface area (Å²) < 4.78 is 0. The molecule has 0 aromatic heterocycles. The molecule has 0 aliphatic carbocycles. The molecule has 0 fully saturated rings. The molecule has 0 amide bonds. The second-order valence-electron chi connectivity index (χ2n) is 0. The molecule has 0 bridgehead atoms. The van der Waals surface area contributed by atoms with Crippen LogP contribution in [0, 0.1) is 0 Å². The Hall–Kier alpha value is 0.228. The molecular formula is CH2BNiO. The first-order valence-corrected chi connectivity index (χ1v) is 0.289. The third kappa shape index (κ3) is 64.4. The smallest absolute Gasteiger partial charge is 0.106 e. The molecule has 0 N–H and O–H groups in total. The quantitative estimate of drug-likeness (QED) is 0.372. The van der Waals surface area contributed by atoms with E-state index in [4.69, 9.17) is 4.79 Å². The molecule has 3 heteroatoms. The molecule has 0 spiro atoms. The number of carbonyl (C=O) groups is 1. The van der Waals surface area contributed by atoms with E-state index in [9.17, 15) is 0 Å². The largest absolute Gasteiger partial charge is 0.307 e. The summed E-state index contributed by atoms with van der Waals surface area (Å²) in [5, 5.41) is 0. The molecule has 0 aromatic carbocycles. The van der Waals surface area contributed by atoms with Crippen molar-refractivity contribution in [2.45, 2.75) is 0 Å². The molecule has 1 nitrogen and oxygen atoms in total. The van der Waals surface area contributed by atoms with Crippen LogP contribution in [0.15, 0.2) is 0 Å². The zero-order valence-electron chi connectivity index (χ0n) is 2.01. The van der Waals surface area contributed by atoms with Gasteiger partial charge >= 0.3 is 0 Å². The van der Waals surface area contributed by atoms with Crippen LogP contribution in [-0.4, -0.2) is 15.2 Å². The molecule has 25 valence electrons. The maximum Gasteiger partial charge on any atom is 0.106 e. The van der Waals surface area contributed by atoms with Crippen molar-refractivity contribution in [3.63, 3.8) is 0 Å². The van der Waals surface area contributed by atoms with E-state index in [1.807, 2.05) is 6.79 Å². The maximum atomic E-state index is 8.00. The molecule has 0 saturated carbocycles. The van der Waals surface area contributed by atoms with Gasteiger partial charge in [-0.1, -0.05) is 0 Å². The van der Waals surface area contributed by atoms with Gasteiger partial charge in [-0.3, -0.25) is 0 Å². The monoisotopic (exact) mass is 99.0 g/mol. The van der Waals surface area contributed by atoms with Crippen LogP contribution >= 0.6 is 0 Å². The van der Waals surface area contributed by atoms with E-state index in [1.165, 1.54) is 0 Å². The van der Waals surface area contributed by atoms with E-state index < -0.39 is 0 Å². The first-order chi connectivity index (χ1) is 1.00. The molecule has 0 saturated heterocycles. The van der Waals surface area contributed by atoms with Crippen LogP contribution in [0.4, 0.5) is 0 Å². The Morgan fingerprint density at radius 2 is 1.25 bits per heavy atom. The zero-order chi connectivity index (χ0) is 2.00. The van der Waals surface area contributed by atoms with Gasteiger partial charge in [-0.15, -0.1) is 0 Å². The van der Waals surface area contributed by atoms with Gasteiger partial charge in [-0.05, 0) is 0 Å². The number of rotatable bonds is 0. The van der Waals surface area contributed by atoms with Crippen LogP contribution in [-0.2, 0) is 21.3 Å². The molecule has 0 heterocycles. The average molecular weight is 99.5 g/mol.